The third-order valence-corrected chi connectivity index (χ3v) is 4.68. The lowest BCUT2D eigenvalue weighted by atomic mass is 9.99. The lowest BCUT2D eigenvalue weighted by molar-refractivity contribution is -0.132. The Hall–Kier alpha value is -2.13. The third-order valence-electron chi connectivity index (χ3n) is 4.68. The normalized spacial score (nSPS) is 15.5. The molecule has 0 unspecified atom stereocenters. The van der Waals surface area contributed by atoms with Gasteiger partial charge in [0.2, 0.25) is 5.91 Å². The summed E-state index contributed by atoms with van der Waals surface area (Å²) >= 11 is 0. The van der Waals surface area contributed by atoms with Crippen LogP contribution in [0.3, 0.4) is 0 Å². The Bertz CT molecular complexity index is 679. The van der Waals surface area contributed by atoms with E-state index in [1.54, 1.807) is 6.92 Å². The molecule has 1 aliphatic rings. The molecule has 0 aromatic carbocycles. The first kappa shape index (κ1) is 17.2. The van der Waals surface area contributed by atoms with E-state index in [1.807, 2.05) is 17.9 Å². The number of hydrogen-bond acceptors (Lipinski definition) is 4. The molecule has 0 aliphatic carbocycles. The summed E-state index contributed by atoms with van der Waals surface area (Å²) < 4.78 is 0. The van der Waals surface area contributed by atoms with E-state index in [0.29, 0.717) is 18.4 Å². The average Bonchev–Trinajstić information content (AvgIpc) is 2.54. The minimum Gasteiger partial charge on any atom is -0.340 e. The van der Waals surface area contributed by atoms with Crippen LogP contribution >= 0.6 is 0 Å². The van der Waals surface area contributed by atoms with Gasteiger partial charge in [-0.3, -0.25) is 9.59 Å². The van der Waals surface area contributed by atoms with Crippen molar-refractivity contribution in [1.29, 1.82) is 5.26 Å². The van der Waals surface area contributed by atoms with Gasteiger partial charge < -0.3 is 14.8 Å². The van der Waals surface area contributed by atoms with Crippen LogP contribution in [0, 0.1) is 25.2 Å². The molecule has 0 spiro atoms. The monoisotopic (exact) mass is 316 g/mol. The molecule has 2 rings (SSSR count). The largest absolute Gasteiger partial charge is 0.340 e. The second-order valence-electron chi connectivity index (χ2n) is 5.98. The van der Waals surface area contributed by atoms with Crippen molar-refractivity contribution in [3.8, 4) is 6.07 Å². The minimum atomic E-state index is -0.353. The second kappa shape index (κ2) is 7.42. The molecule has 6 nitrogen and oxygen atoms in total. The van der Waals surface area contributed by atoms with Crippen LogP contribution in [0.2, 0.25) is 0 Å². The van der Waals surface area contributed by atoms with E-state index in [1.165, 1.54) is 0 Å². The van der Waals surface area contributed by atoms with E-state index in [0.717, 1.165) is 44.0 Å². The molecule has 6 heteroatoms. The smallest absolute Gasteiger partial charge is 0.266 e. The molecule has 0 radical (unpaired) electrons. The lowest BCUT2D eigenvalue weighted by Crippen LogP contribution is -2.48. The van der Waals surface area contributed by atoms with Gasteiger partial charge >= 0.3 is 0 Å². The average molecular weight is 316 g/mol. The first-order chi connectivity index (χ1) is 11.0. The summed E-state index contributed by atoms with van der Waals surface area (Å²) in [5.74, 6) is 0.143. The summed E-state index contributed by atoms with van der Waals surface area (Å²) in [4.78, 5) is 31.1. The van der Waals surface area contributed by atoms with E-state index >= 15 is 0 Å². The molecule has 1 aliphatic heterocycles. The molecular weight excluding hydrogens is 292 g/mol. The van der Waals surface area contributed by atoms with Crippen molar-refractivity contribution in [1.82, 2.24) is 14.8 Å². The highest BCUT2D eigenvalue weighted by Crippen LogP contribution is 2.16. The number of carbonyl (C=O) groups excluding carboxylic acids is 1. The molecule has 0 saturated carbocycles. The molecule has 1 saturated heterocycles. The lowest BCUT2D eigenvalue weighted by Gasteiger charge is -2.34. The van der Waals surface area contributed by atoms with Crippen LogP contribution in [0.15, 0.2) is 4.79 Å². The molecular formula is C17H24N4O2. The summed E-state index contributed by atoms with van der Waals surface area (Å²) in [5, 5.41) is 9.09. The van der Waals surface area contributed by atoms with E-state index in [9.17, 15) is 9.59 Å². The van der Waals surface area contributed by atoms with E-state index in [4.69, 9.17) is 5.26 Å². The summed E-state index contributed by atoms with van der Waals surface area (Å²) in [6.07, 6.45) is 0.959. The third kappa shape index (κ3) is 3.80. The number of hydrogen-bond donors (Lipinski definition) is 1. The molecule has 124 valence electrons. The van der Waals surface area contributed by atoms with Gasteiger partial charge in [-0.15, -0.1) is 0 Å². The van der Waals surface area contributed by atoms with Gasteiger partial charge in [-0.2, -0.15) is 5.26 Å². The van der Waals surface area contributed by atoms with Gasteiger partial charge in [-0.1, -0.05) is 6.92 Å². The zero-order chi connectivity index (χ0) is 17.0. The van der Waals surface area contributed by atoms with Crippen LogP contribution in [0.25, 0.3) is 0 Å². The highest BCUT2D eigenvalue weighted by molar-refractivity contribution is 5.76. The quantitative estimate of drug-likeness (QED) is 0.897. The van der Waals surface area contributed by atoms with Crippen LogP contribution in [-0.2, 0) is 11.2 Å². The molecule has 1 aromatic rings. The highest BCUT2D eigenvalue weighted by Gasteiger charge is 2.21. The predicted molar refractivity (Wildman–Crippen MR) is 88.3 cm³/mol. The van der Waals surface area contributed by atoms with Crippen LogP contribution < -0.4 is 5.56 Å². The Labute approximate surface area is 136 Å². The van der Waals surface area contributed by atoms with Gasteiger partial charge in [0.1, 0.15) is 11.6 Å². The van der Waals surface area contributed by atoms with E-state index < -0.39 is 0 Å². The van der Waals surface area contributed by atoms with E-state index in [2.05, 4.69) is 16.8 Å². The number of carbonyl (C=O) groups is 1. The molecule has 1 fully saturated rings. The molecule has 1 N–H and O–H groups in total. The molecule has 0 atom stereocenters. The number of amides is 1. The summed E-state index contributed by atoms with van der Waals surface area (Å²) in [7, 11) is 0. The van der Waals surface area contributed by atoms with Gasteiger partial charge in [0.25, 0.3) is 5.56 Å². The maximum atomic E-state index is 12.4. The zero-order valence-corrected chi connectivity index (χ0v) is 14.1. The number of aryl methyl sites for hydroxylation is 1. The SMILES string of the molecule is CCN1CCN(C(=O)CCc2c(C)[nH]c(=O)c(C#N)c2C)CC1. The zero-order valence-electron chi connectivity index (χ0n) is 14.1. The summed E-state index contributed by atoms with van der Waals surface area (Å²) in [5.41, 5.74) is 2.14. The first-order valence-electron chi connectivity index (χ1n) is 8.10. The number of H-pyrrole nitrogens is 1. The fraction of sp³-hybridized carbons (Fsp3) is 0.588. The topological polar surface area (TPSA) is 80.2 Å². The van der Waals surface area contributed by atoms with Crippen LogP contribution in [0.1, 0.15) is 35.7 Å². The summed E-state index contributed by atoms with van der Waals surface area (Å²) in [6, 6.07) is 1.95. The second-order valence-corrected chi connectivity index (χ2v) is 5.98. The number of nitrogens with zero attached hydrogens (tertiary/aromatic N) is 3. The number of pyridine rings is 1. The van der Waals surface area contributed by atoms with Crippen molar-refractivity contribution in [3.63, 3.8) is 0 Å². The van der Waals surface area contributed by atoms with E-state index in [-0.39, 0.29) is 17.0 Å². The molecule has 0 bridgehead atoms. The van der Waals surface area contributed by atoms with Crippen LogP contribution in [0.5, 0.6) is 0 Å². The van der Waals surface area contributed by atoms with Crippen molar-refractivity contribution >= 4 is 5.91 Å². The molecule has 2 heterocycles. The molecule has 23 heavy (non-hydrogen) atoms. The van der Waals surface area contributed by atoms with Crippen molar-refractivity contribution in [2.45, 2.75) is 33.6 Å². The Morgan fingerprint density at radius 3 is 2.48 bits per heavy atom. The number of aromatic nitrogens is 1. The number of nitrogens with one attached hydrogen (secondary N) is 1. The molecule has 1 amide bonds. The fourth-order valence-corrected chi connectivity index (χ4v) is 3.12. The first-order valence-corrected chi connectivity index (χ1v) is 8.10. The van der Waals surface area contributed by atoms with Gasteiger partial charge in [-0.05, 0) is 37.9 Å². The van der Waals surface area contributed by atoms with Gasteiger partial charge in [-0.25, -0.2) is 0 Å². The number of piperazine rings is 1. The Balaban J connectivity index is 2.03. The summed E-state index contributed by atoms with van der Waals surface area (Å²) in [6.45, 7) is 10.2. The number of likely N-dealkylation sites (N-methyl/N-ethyl adjacent to an activating group) is 1. The highest BCUT2D eigenvalue weighted by atomic mass is 16.2. The fourth-order valence-electron chi connectivity index (χ4n) is 3.12. The molecule has 1 aromatic heterocycles. The maximum Gasteiger partial charge on any atom is 0.266 e. The van der Waals surface area contributed by atoms with Gasteiger partial charge in [0, 0.05) is 38.3 Å². The Morgan fingerprint density at radius 2 is 1.91 bits per heavy atom. The van der Waals surface area contributed by atoms with Crippen molar-refractivity contribution < 1.29 is 4.79 Å². The predicted octanol–water partition coefficient (Wildman–Crippen LogP) is 0.960. The Kier molecular flexibility index (Phi) is 5.56. The standard InChI is InChI=1S/C17H24N4O2/c1-4-20-7-9-21(10-8-20)16(22)6-5-14-12(2)15(11-18)17(23)19-13(14)3/h4-10H2,1-3H3,(H,19,23). The number of aromatic amines is 1. The van der Waals surface area contributed by atoms with Gasteiger partial charge in [0.15, 0.2) is 0 Å². The van der Waals surface area contributed by atoms with Crippen molar-refractivity contribution in [3.05, 3.63) is 32.7 Å². The van der Waals surface area contributed by atoms with Crippen LogP contribution in [0.4, 0.5) is 0 Å². The Morgan fingerprint density at radius 1 is 1.26 bits per heavy atom. The maximum absolute atomic E-state index is 12.4. The van der Waals surface area contributed by atoms with Crippen molar-refractivity contribution in [2.24, 2.45) is 0 Å². The van der Waals surface area contributed by atoms with Crippen molar-refractivity contribution in [2.75, 3.05) is 32.7 Å². The van der Waals surface area contributed by atoms with Gasteiger partial charge in [0.05, 0.1) is 0 Å². The number of nitriles is 1. The minimum absolute atomic E-state index is 0.143. The van der Waals surface area contributed by atoms with Crippen LogP contribution in [-0.4, -0.2) is 53.4 Å². The number of rotatable bonds is 4.